The summed E-state index contributed by atoms with van der Waals surface area (Å²) in [7, 11) is 9.37. The highest BCUT2D eigenvalue weighted by molar-refractivity contribution is 9.11. The molecule has 5 aromatic heterocycles. The van der Waals surface area contributed by atoms with Gasteiger partial charge in [0.1, 0.15) is 49.7 Å². The first kappa shape index (κ1) is 117. The van der Waals surface area contributed by atoms with Crippen molar-refractivity contribution in [1.29, 1.82) is 31.6 Å². The van der Waals surface area contributed by atoms with Crippen molar-refractivity contribution in [2.24, 2.45) is 66.8 Å². The number of oxime groups is 5. The summed E-state index contributed by atoms with van der Waals surface area (Å²) in [5.74, 6) is -3.84. The van der Waals surface area contributed by atoms with Crippen LogP contribution in [-0.4, -0.2) is 163 Å². The third-order valence-electron chi connectivity index (χ3n) is 22.2. The number of ether oxygens (including phenoxy) is 1. The first-order valence-electron chi connectivity index (χ1n) is 44.6. The van der Waals surface area contributed by atoms with E-state index in [1.54, 1.807) is 92.3 Å². The van der Waals surface area contributed by atoms with Crippen LogP contribution in [0.2, 0.25) is 0 Å². The van der Waals surface area contributed by atoms with Crippen molar-refractivity contribution in [3.8, 4) is 36.4 Å². The summed E-state index contributed by atoms with van der Waals surface area (Å²) in [6, 6.07) is 51.7. The predicted molar refractivity (Wildman–Crippen MR) is 541 cm³/mol. The van der Waals surface area contributed by atoms with Crippen LogP contribution in [0.5, 0.6) is 0 Å². The molecule has 2 amide bonds. The molecule has 4 atom stereocenters. The number of aromatic nitrogens is 10. The van der Waals surface area contributed by atoms with E-state index in [2.05, 4.69) is 118 Å². The summed E-state index contributed by atoms with van der Waals surface area (Å²) in [5.41, 5.74) is 22.0. The van der Waals surface area contributed by atoms with Gasteiger partial charge in [0, 0.05) is 121 Å². The van der Waals surface area contributed by atoms with Gasteiger partial charge in [-0.3, -0.25) is 42.6 Å². The van der Waals surface area contributed by atoms with Crippen molar-refractivity contribution >= 4 is 118 Å². The van der Waals surface area contributed by atoms with E-state index in [1.807, 2.05) is 187 Å². The molecule has 0 bridgehead atoms. The highest BCUT2D eigenvalue weighted by Gasteiger charge is 2.44. The maximum absolute atomic E-state index is 12.5. The number of rotatable bonds is 21. The number of allylic oxidation sites excluding steroid dienone is 1. The van der Waals surface area contributed by atoms with Gasteiger partial charge in [-0.2, -0.15) is 83.4 Å². The van der Waals surface area contributed by atoms with Crippen molar-refractivity contribution in [3.05, 3.63) is 300 Å². The van der Waals surface area contributed by atoms with E-state index in [-0.39, 0.29) is 46.4 Å². The Labute approximate surface area is 872 Å². The molecule has 4 aliphatic rings. The van der Waals surface area contributed by atoms with Gasteiger partial charge in [-0.25, -0.2) is 9.59 Å². The summed E-state index contributed by atoms with van der Waals surface area (Å²) in [4.78, 5) is 90.3. The van der Waals surface area contributed by atoms with Crippen LogP contribution < -0.4 is 16.4 Å². The van der Waals surface area contributed by atoms with Crippen LogP contribution in [0.4, 0.5) is 26.3 Å². The van der Waals surface area contributed by atoms with Crippen LogP contribution in [-0.2, 0) is 91.3 Å². The molecule has 0 aliphatic carbocycles. The molecule has 15 rings (SSSR count). The van der Waals surface area contributed by atoms with Crippen LogP contribution in [0, 0.1) is 103 Å². The van der Waals surface area contributed by atoms with Crippen molar-refractivity contribution in [1.82, 2.24) is 59.5 Å². The zero-order valence-corrected chi connectivity index (χ0v) is 87.7. The van der Waals surface area contributed by atoms with Crippen LogP contribution in [0.15, 0.2) is 185 Å². The monoisotopic (exact) mass is 2220 g/mol. The van der Waals surface area contributed by atoms with Gasteiger partial charge in [0.05, 0.1) is 150 Å². The molecular formula is C102H101Br3F6N24O13. The fourth-order valence-electron chi connectivity index (χ4n) is 15.2. The molecule has 46 heteroatoms. The first-order valence-corrected chi connectivity index (χ1v) is 46.9. The molecule has 4 aliphatic heterocycles. The number of carboxylic acid groups (broad SMARTS) is 1. The lowest BCUT2D eigenvalue weighted by Crippen LogP contribution is -2.37. The Hall–Kier alpha value is -16.4. The maximum atomic E-state index is 12.5. The van der Waals surface area contributed by atoms with Gasteiger partial charge >= 0.3 is 24.3 Å². The number of aromatic carboxylic acids is 1. The minimum Gasteiger partial charge on any atom is -0.478 e. The quantitative estimate of drug-likeness (QED) is 0.00848. The second-order valence-corrected chi connectivity index (χ2v) is 36.9. The van der Waals surface area contributed by atoms with Gasteiger partial charge in [-0.1, -0.05) is 68.8 Å². The Kier molecular flexibility index (Phi) is 40.6. The fraction of sp³-hybridized carbons (Fsp3) is 0.314. The number of ketones is 1. The molecule has 4 unspecified atom stereocenters. The van der Waals surface area contributed by atoms with E-state index < -0.39 is 90.3 Å². The topological polar surface area (TPSA) is 533 Å². The lowest BCUT2D eigenvalue weighted by molar-refractivity contribution is -0.138. The number of Topliss-reactive ketones (excluding diaryl/α,β-unsaturated/α-hetero) is 1. The zero-order valence-electron chi connectivity index (χ0n) is 83.0. The summed E-state index contributed by atoms with van der Waals surface area (Å²) in [5, 5.41) is 116. The van der Waals surface area contributed by atoms with E-state index in [9.17, 15) is 65.6 Å². The van der Waals surface area contributed by atoms with Gasteiger partial charge in [-0.05, 0) is 238 Å². The minimum atomic E-state index is -4.53. The SMILES string of the molecule is C=C(C)c1cc(C)nn1C.CCOC(=O)c1ccc(C2=NOC(C)(c3cc(C)nn3C)C2)cc1C#N.Cc1cc(C2(C)CC(c3ccc(Br)c(C#N)c3)=NO2)n(C)n1.Cc1cc(C2(C)CC(c3ccc(C(=O)CCC(=O)NCC(F)(F)F)c(C#N)c3)=NO2)n(C)n1.Cc1cc(C2(C)CC(c3ccc(C(=O)O)c(C#N)c3)=NO2)n(C)n1.N#Cc1cc(/C=N/O)ccc1Br.N#Cc1cc(C=O)ccc1Br.NCC(=O)NCC(F)(F)F. The smallest absolute Gasteiger partial charge is 0.405 e. The number of carbonyl (C=O) groups excluding carboxylic acids is 5. The largest absolute Gasteiger partial charge is 0.478 e. The van der Waals surface area contributed by atoms with Gasteiger partial charge in [-0.15, -0.1) is 0 Å². The second kappa shape index (κ2) is 51.4. The summed E-state index contributed by atoms with van der Waals surface area (Å²) in [6.45, 7) is 22.0. The Balaban J connectivity index is 0.000000214. The number of nitrogens with zero attached hydrogens (tertiary/aromatic N) is 21. The van der Waals surface area contributed by atoms with Gasteiger partial charge in [0.2, 0.25) is 11.8 Å². The second-order valence-electron chi connectivity index (χ2n) is 34.3. The lowest BCUT2D eigenvalue weighted by atomic mass is 9.90. The summed E-state index contributed by atoms with van der Waals surface area (Å²) < 4.78 is 86.6. The van der Waals surface area contributed by atoms with Crippen molar-refractivity contribution in [2.45, 2.75) is 149 Å². The summed E-state index contributed by atoms with van der Waals surface area (Å²) >= 11 is 9.76. The molecule has 37 nitrogen and oxygen atoms in total. The number of nitrogens with two attached hydrogens (primary N) is 1. The number of aldehydes is 1. The number of aryl methyl sites for hydroxylation is 10. The predicted octanol–water partition coefficient (Wildman–Crippen LogP) is 17.5. The van der Waals surface area contributed by atoms with E-state index in [1.165, 1.54) is 36.5 Å². The highest BCUT2D eigenvalue weighted by atomic mass is 79.9. The number of hydrogen-bond donors (Lipinski definition) is 5. The molecule has 770 valence electrons. The van der Waals surface area contributed by atoms with Crippen LogP contribution in [0.25, 0.3) is 5.57 Å². The number of nitriles is 6. The molecule has 148 heavy (non-hydrogen) atoms. The standard InChI is InChI=1S/C22H22F3N5O3.C19H20N4O3.C17H16N4O3.C16H15BrN4O.C8H5BrN2O.C8H4BrNO.C8H12N2.C4H7F3N2O/c1-13-8-19(30(3)28-13)21(2)10-17(29-33-21)14-4-5-16(15(9-14)11-26)18(31)6-7-20(32)27-12-22(23,24)25;1-5-25-18(24)15-7-6-13(9-14(15)11-20)16-10-19(3,26-22-16)17-8-12(2)21-23(17)4;1-10-6-15(21(3)19-10)17(2)8-14(20-24-17)11-4-5-13(16(22)23)12(7-11)9-18;1-10-6-15(21(3)19-10)16(2)8-14(20-22-16)11-4-5-13(17)12(7-11)9-18;9-8-2-1-6(5-11-12)3-7(8)4-10;9-8-2-1-6(5-11)3-7(8)4-10;1-6(2)8-5-7(3)9-10(8)4;5-4(6,7)2-9-3(10)1-8/h4-5,8-9H,6-7,10,12H2,1-3H3,(H,27,32);6-9H,5,10H2,1-4H3;4-7H,8H2,1-3H3,(H,22,23);4-7H,8H2,1-3H3;1-3,5,12H;1-3,5H;5H,1H2,2-4H3;1-2,8H2,(H,9,10)/b;;;;11-5+;;;. The van der Waals surface area contributed by atoms with Crippen molar-refractivity contribution < 1.29 is 89.5 Å². The average molecular weight is 2220 g/mol. The third kappa shape index (κ3) is 31.6. The number of benzene rings is 6. The number of alkyl halides is 6. The number of esters is 1. The Morgan fingerprint density at radius 2 is 0.784 bits per heavy atom. The number of hydrogen-bond acceptors (Lipinski definition) is 29. The normalized spacial score (nSPS) is 16.4. The fourth-order valence-corrected chi connectivity index (χ4v) is 16.2. The van der Waals surface area contributed by atoms with Gasteiger partial charge in [0.25, 0.3) is 0 Å². The van der Waals surface area contributed by atoms with Crippen LogP contribution in [0.1, 0.15) is 240 Å². The Morgan fingerprint density at radius 1 is 0.473 bits per heavy atom. The molecule has 0 spiro atoms. The van der Waals surface area contributed by atoms with Crippen LogP contribution in [0.3, 0.4) is 0 Å². The Morgan fingerprint density at radius 3 is 1.09 bits per heavy atom. The van der Waals surface area contributed by atoms with Crippen LogP contribution >= 0.6 is 47.8 Å². The number of nitrogens with one attached hydrogen (secondary N) is 2. The number of carbonyl (C=O) groups is 6. The molecule has 9 heterocycles. The molecule has 6 aromatic carbocycles. The van der Waals surface area contributed by atoms with E-state index in [4.69, 9.17) is 61.2 Å². The molecular weight excluding hydrogens is 2120 g/mol. The first-order chi connectivity index (χ1) is 69.7. The van der Waals surface area contributed by atoms with Gasteiger partial charge < -0.3 is 50.8 Å². The maximum Gasteiger partial charge on any atom is 0.405 e. The van der Waals surface area contributed by atoms with E-state index in [0.29, 0.717) is 86.8 Å². The van der Waals surface area contributed by atoms with Gasteiger partial charge in [0.15, 0.2) is 28.2 Å². The lowest BCUT2D eigenvalue weighted by Gasteiger charge is -2.21. The minimum absolute atomic E-state index is 0.0224. The molecule has 6 N–H and O–H groups in total. The average Bonchev–Trinajstić information content (AvgIpc) is 1.63. The molecule has 0 fully saturated rings. The van der Waals surface area contributed by atoms with Crippen molar-refractivity contribution in [3.63, 3.8) is 0 Å². The van der Waals surface area contributed by atoms with E-state index >= 15 is 0 Å². The molecule has 0 saturated carbocycles. The third-order valence-corrected chi connectivity index (χ3v) is 24.3. The molecule has 0 saturated heterocycles. The zero-order chi connectivity index (χ0) is 110. The Bertz CT molecular complexity index is 7300. The van der Waals surface area contributed by atoms with Crippen molar-refractivity contribution in [2.75, 3.05) is 26.2 Å². The molecule has 0 radical (unpaired) electrons. The summed E-state index contributed by atoms with van der Waals surface area (Å²) in [6.07, 6.45) is -5.53. The number of amides is 2. The number of halogens is 9. The molecule has 11 aromatic rings. The highest BCUT2D eigenvalue weighted by Crippen LogP contribution is 2.42. The van der Waals surface area contributed by atoms with E-state index in [0.717, 1.165) is 94.0 Å². The number of carboxylic acids is 1.